The first-order chi connectivity index (χ1) is 25.9. The van der Waals surface area contributed by atoms with Crippen molar-refractivity contribution in [2.75, 3.05) is 0 Å². The molecule has 0 unspecified atom stereocenters. The van der Waals surface area contributed by atoms with Gasteiger partial charge in [-0.1, -0.05) is 0 Å². The monoisotopic (exact) mass is 727 g/mol. The zero-order valence-corrected chi connectivity index (χ0v) is 23.4. The van der Waals surface area contributed by atoms with E-state index in [0.29, 0.717) is 0 Å². The van der Waals surface area contributed by atoms with Gasteiger partial charge in [0.2, 0.25) is 6.19 Å². The Bertz CT molecular complexity index is 1710. The van der Waals surface area contributed by atoms with E-state index in [1.807, 2.05) is 0 Å². The third kappa shape index (κ3) is 39.5. The Hall–Kier alpha value is -10.5. The highest BCUT2D eigenvalue weighted by molar-refractivity contribution is 4.56. The molecule has 0 bridgehead atoms. The minimum atomic E-state index is 1.31. The molecule has 52 heavy (non-hydrogen) atoms. The van der Waals surface area contributed by atoms with Gasteiger partial charge in [-0.25, -0.2) is 0 Å². The van der Waals surface area contributed by atoms with E-state index >= 15 is 0 Å². The van der Waals surface area contributed by atoms with Gasteiger partial charge in [0.1, 0.15) is 0 Å². The van der Waals surface area contributed by atoms with Crippen LogP contribution in [0.1, 0.15) is 0 Å². The third-order valence-corrected chi connectivity index (χ3v) is 1.97. The van der Waals surface area contributed by atoms with Crippen LogP contribution in [-0.2, 0) is 0 Å². The minimum absolute atomic E-state index is 1.31. The Kier molecular flexibility index (Phi) is 32.3. The van der Waals surface area contributed by atoms with Gasteiger partial charge in [-0.3, -0.25) is 0 Å². The van der Waals surface area contributed by atoms with Crippen LogP contribution in [0, 0.1) is 17.0 Å². The summed E-state index contributed by atoms with van der Waals surface area (Å²) in [7, 11) is 0. The maximum absolute atomic E-state index is 8.00. The largest absolute Gasteiger partial charge is 0.227 e. The predicted octanol–water partition coefficient (Wildman–Crippen LogP) is 9.31. The van der Waals surface area contributed by atoms with Crippen molar-refractivity contribution in [3.8, 4) is 6.19 Å². The summed E-state index contributed by atoms with van der Waals surface area (Å²) >= 11 is 0. The van der Waals surface area contributed by atoms with Gasteiger partial charge >= 0.3 is 0 Å². The topological polar surface area (TPSA) is 653 Å². The van der Waals surface area contributed by atoms with Crippen LogP contribution in [0.4, 0.5) is 0 Å². The molecule has 51 nitrogen and oxygen atoms in total. The fourth-order valence-electron chi connectivity index (χ4n) is 0.865. The Morgan fingerprint density at radius 3 is 0.423 bits per heavy atom. The van der Waals surface area contributed by atoms with E-state index < -0.39 is 0 Å². The van der Waals surface area contributed by atoms with Gasteiger partial charge in [0, 0.05) is 167 Å². The van der Waals surface area contributed by atoms with Crippen LogP contribution >= 0.6 is 0 Å². The first-order valence-electron chi connectivity index (χ1n) is 10.3. The summed E-state index contributed by atoms with van der Waals surface area (Å²) in [5.41, 5.74) is 6.25. The van der Waals surface area contributed by atoms with Crippen molar-refractivity contribution in [3.63, 3.8) is 0 Å². The Morgan fingerprint density at radius 1 is 0.192 bits per heavy atom. The molecular formula is CHN51. The molecule has 0 atom stereocenters. The summed E-state index contributed by atoms with van der Waals surface area (Å²) in [4.78, 5) is 0. The van der Waals surface area contributed by atoms with Gasteiger partial charge in [0.05, 0.1) is 0 Å². The highest BCUT2D eigenvalue weighted by Crippen LogP contribution is 1.93. The van der Waals surface area contributed by atoms with Crippen LogP contribution in [0.3, 0.4) is 0 Å². The fourth-order valence-corrected chi connectivity index (χ4v) is 0.865. The molecule has 0 saturated heterocycles. The molecule has 0 fully saturated rings. The van der Waals surface area contributed by atoms with Crippen LogP contribution < -0.4 is 0 Å². The van der Waals surface area contributed by atoms with E-state index in [-0.39, 0.29) is 0 Å². The molecule has 0 aliphatic rings. The lowest BCUT2D eigenvalue weighted by atomic mass is 11.5. The van der Waals surface area contributed by atoms with Gasteiger partial charge in [0.15, 0.2) is 0 Å². The second-order valence-electron chi connectivity index (χ2n) is 4.50. The van der Waals surface area contributed by atoms with E-state index in [2.05, 4.69) is 256 Å². The van der Waals surface area contributed by atoms with E-state index in [0.717, 1.165) is 0 Å². The van der Waals surface area contributed by atoms with E-state index in [4.69, 9.17) is 10.8 Å². The molecule has 51 heteroatoms. The average molecular weight is 727 g/mol. The maximum Gasteiger partial charge on any atom is 0.227 e. The third-order valence-electron chi connectivity index (χ3n) is 1.97. The molecule has 0 radical (unpaired) electrons. The summed E-state index contributed by atoms with van der Waals surface area (Å²) in [6.45, 7) is 0. The first-order valence-corrected chi connectivity index (χ1v) is 10.3. The number of hydrogen-bond donors (Lipinski definition) is 1. The highest BCUT2D eigenvalue weighted by Gasteiger charge is 1.75. The molecule has 0 spiro atoms. The van der Waals surface area contributed by atoms with Crippen molar-refractivity contribution < 1.29 is 0 Å². The normalized spacial score (nSPS) is 15.1. The molecule has 0 aliphatic heterocycles. The van der Waals surface area contributed by atoms with Crippen LogP contribution in [0.25, 0.3) is 0 Å². The number of nitriles is 1. The minimum Gasteiger partial charge on any atom is -0.183 e. The average Bonchev–Trinajstić information content (AvgIpc) is 3.16. The number of nitrogens with zero attached hydrogens (tertiary/aromatic N) is 50. The molecule has 1 N–H and O–H groups in total. The molecule has 0 aliphatic carbocycles. The number of nitrogens with one attached hydrogen (secondary N) is 1. The summed E-state index contributed by atoms with van der Waals surface area (Å²) in [6.07, 6.45) is 1.31. The first kappa shape index (κ1) is 41.5. The number of rotatable bonds is 24. The van der Waals surface area contributed by atoms with Crippen LogP contribution in [0.5, 0.6) is 0 Å². The fraction of sp³-hybridized carbons (Fsp3) is 0. The summed E-state index contributed by atoms with van der Waals surface area (Å²) in [5.74, 6) is 0. The van der Waals surface area contributed by atoms with Gasteiger partial charge in [-0.15, -0.1) is 0 Å². The van der Waals surface area contributed by atoms with E-state index in [1.54, 1.807) is 0 Å². The molecule has 0 saturated carbocycles. The van der Waals surface area contributed by atoms with Crippen LogP contribution in [0.2, 0.25) is 0 Å². The number of hydrogen-bond acceptors (Lipinski definition) is 3. The Morgan fingerprint density at radius 2 is 0.308 bits per heavy atom. The summed E-state index contributed by atoms with van der Waals surface area (Å²) in [5, 5.41) is 153. The molecule has 0 aromatic carbocycles. The summed E-state index contributed by atoms with van der Waals surface area (Å²) in [6, 6.07) is 0. The standard InChI is InChI=1S/CHN51/c2-1-4-6-8-10-12-14-16-18-20-22-24-26-28-30-32-34-36-38-40-42-44-46-48-50-52-51-49-47-45-43-41-39-37-35-33-31-29-27-25-23-21-19-17-15-13-11-9-7-5-3/h3H/b5-3?,6-4?,9-7+,10-8+,13-11+,14-12+,17-15+,18-16+,21-19+,22-20+,25-23+,26-24+,29-27+,30-28+,33-31+,34-32+,37-35+,38-36+,41-39+,42-40+,45-43+,46-44+,49-47+,50-48+,52-51+. The van der Waals surface area contributed by atoms with Gasteiger partial charge in [-0.2, -0.15) is 10.8 Å². The molecule has 0 rings (SSSR count). The molecule has 0 heterocycles. The van der Waals surface area contributed by atoms with Crippen molar-refractivity contribution in [2.24, 2.45) is 256 Å². The van der Waals surface area contributed by atoms with Crippen LogP contribution in [-0.4, -0.2) is 0 Å². The molecule has 0 aromatic rings. The smallest absolute Gasteiger partial charge is 0.183 e. The molecule has 260 valence electrons. The zero-order valence-electron chi connectivity index (χ0n) is 23.4. The van der Waals surface area contributed by atoms with Crippen molar-refractivity contribution in [1.29, 1.82) is 10.8 Å². The summed E-state index contributed by atoms with van der Waals surface area (Å²) < 4.78 is 0. The zero-order chi connectivity index (χ0) is 37.4. The molecule has 0 amide bonds. The molecule has 0 aromatic heterocycles. The van der Waals surface area contributed by atoms with Crippen molar-refractivity contribution in [2.45, 2.75) is 0 Å². The van der Waals surface area contributed by atoms with Gasteiger partial charge < -0.3 is 0 Å². The lowest BCUT2D eigenvalue weighted by Crippen LogP contribution is -1.52. The van der Waals surface area contributed by atoms with Crippen molar-refractivity contribution >= 4 is 0 Å². The maximum atomic E-state index is 8.00. The quantitative estimate of drug-likeness (QED) is 0.0566. The predicted molar refractivity (Wildman–Crippen MR) is 127 cm³/mol. The van der Waals surface area contributed by atoms with Gasteiger partial charge in [-0.05, 0) is 88.7 Å². The second-order valence-corrected chi connectivity index (χ2v) is 4.50. The van der Waals surface area contributed by atoms with Crippen molar-refractivity contribution in [3.05, 3.63) is 0 Å². The van der Waals surface area contributed by atoms with Gasteiger partial charge in [0.25, 0.3) is 0 Å². The second kappa shape index (κ2) is 40.5. The molecular weight excluding hydrogens is 726 g/mol. The Balaban J connectivity index is 4.06. The van der Waals surface area contributed by atoms with Crippen LogP contribution in [0.15, 0.2) is 256 Å². The van der Waals surface area contributed by atoms with E-state index in [9.17, 15) is 0 Å². The lowest BCUT2D eigenvalue weighted by Gasteiger charge is -1.70. The SMILES string of the molecule is N#CN=N/N=N/N=N/N=N/N=N/N=N/N=N/N=N/N=N/N=N/N=N/N=N/N=N/N=N/N=N/N=N/N=N/N=N/N=N/N=N/N=N/N=N/N=N/N=N/N=N. The van der Waals surface area contributed by atoms with E-state index in [1.165, 1.54) is 6.19 Å². The van der Waals surface area contributed by atoms with Crippen molar-refractivity contribution in [1.82, 2.24) is 0 Å². The highest BCUT2D eigenvalue weighted by atomic mass is 15.8. The lowest BCUT2D eigenvalue weighted by molar-refractivity contribution is 0.725. The Labute approximate surface area is 273 Å².